The average molecular weight is 233 g/mol. The van der Waals surface area contributed by atoms with Gasteiger partial charge in [-0.2, -0.15) is 4.98 Å². The highest BCUT2D eigenvalue weighted by Gasteiger charge is 2.12. The van der Waals surface area contributed by atoms with Gasteiger partial charge in [0.1, 0.15) is 6.10 Å². The van der Waals surface area contributed by atoms with Crippen LogP contribution in [-0.2, 0) is 11.2 Å². The normalized spacial score (nSPS) is 12.6. The second-order valence-corrected chi connectivity index (χ2v) is 3.85. The second-order valence-electron chi connectivity index (χ2n) is 3.85. The van der Waals surface area contributed by atoms with Crippen LogP contribution in [-0.4, -0.2) is 17.3 Å². The van der Waals surface area contributed by atoms with Gasteiger partial charge in [0.15, 0.2) is 5.82 Å². The van der Waals surface area contributed by atoms with Crippen LogP contribution in [0.4, 0.5) is 5.69 Å². The first-order valence-corrected chi connectivity index (χ1v) is 5.38. The number of benzene rings is 1. The lowest BCUT2D eigenvalue weighted by Crippen LogP contribution is -1.98. The summed E-state index contributed by atoms with van der Waals surface area (Å²) in [5, 5.41) is 3.86. The number of methoxy groups -OCH3 is 1. The molecular weight excluding hydrogens is 218 g/mol. The molecule has 2 aromatic rings. The fourth-order valence-corrected chi connectivity index (χ4v) is 1.49. The highest BCUT2D eigenvalue weighted by atomic mass is 16.5. The summed E-state index contributed by atoms with van der Waals surface area (Å²) in [6.45, 7) is 1.87. The molecule has 1 atom stereocenters. The van der Waals surface area contributed by atoms with E-state index in [0.29, 0.717) is 18.1 Å². The van der Waals surface area contributed by atoms with Crippen molar-refractivity contribution in [2.45, 2.75) is 19.4 Å². The van der Waals surface area contributed by atoms with E-state index < -0.39 is 0 Å². The first-order chi connectivity index (χ1) is 8.19. The first-order valence-electron chi connectivity index (χ1n) is 5.38. The van der Waals surface area contributed by atoms with E-state index in [1.807, 2.05) is 31.2 Å². The molecule has 5 heteroatoms. The molecular formula is C12H15N3O2. The van der Waals surface area contributed by atoms with Crippen molar-refractivity contribution in [2.75, 3.05) is 12.8 Å². The molecule has 17 heavy (non-hydrogen) atoms. The highest BCUT2D eigenvalue weighted by molar-refractivity contribution is 5.41. The SMILES string of the molecule is COC(C)c1noc(Cc2cccc(N)c2)n1. The van der Waals surface area contributed by atoms with Crippen molar-refractivity contribution >= 4 is 5.69 Å². The fourth-order valence-electron chi connectivity index (χ4n) is 1.49. The molecule has 0 bridgehead atoms. The van der Waals surface area contributed by atoms with Gasteiger partial charge < -0.3 is 15.0 Å². The Hall–Kier alpha value is -1.88. The summed E-state index contributed by atoms with van der Waals surface area (Å²) in [6.07, 6.45) is 0.419. The molecule has 0 spiro atoms. The summed E-state index contributed by atoms with van der Waals surface area (Å²) in [6, 6.07) is 7.61. The molecule has 2 N–H and O–H groups in total. The van der Waals surface area contributed by atoms with Crippen molar-refractivity contribution in [1.29, 1.82) is 0 Å². The number of ether oxygens (including phenoxy) is 1. The molecule has 1 unspecified atom stereocenters. The Kier molecular flexibility index (Phi) is 3.39. The zero-order valence-corrected chi connectivity index (χ0v) is 9.88. The maximum absolute atomic E-state index is 5.70. The van der Waals surface area contributed by atoms with Crippen LogP contribution in [0.2, 0.25) is 0 Å². The maximum Gasteiger partial charge on any atom is 0.231 e. The molecule has 0 saturated heterocycles. The Morgan fingerprint density at radius 3 is 3.00 bits per heavy atom. The monoisotopic (exact) mass is 233 g/mol. The van der Waals surface area contributed by atoms with Crippen LogP contribution in [0, 0.1) is 0 Å². The molecule has 1 heterocycles. The molecule has 90 valence electrons. The summed E-state index contributed by atoms with van der Waals surface area (Å²) in [7, 11) is 1.61. The maximum atomic E-state index is 5.70. The third-order valence-corrected chi connectivity index (χ3v) is 2.51. The molecule has 0 amide bonds. The Morgan fingerprint density at radius 1 is 1.47 bits per heavy atom. The zero-order valence-electron chi connectivity index (χ0n) is 9.88. The number of rotatable bonds is 4. The quantitative estimate of drug-likeness (QED) is 0.817. The minimum absolute atomic E-state index is 0.159. The topological polar surface area (TPSA) is 74.2 Å². The van der Waals surface area contributed by atoms with Crippen LogP contribution in [0.1, 0.15) is 30.3 Å². The lowest BCUT2D eigenvalue weighted by atomic mass is 10.1. The Morgan fingerprint density at radius 2 is 2.29 bits per heavy atom. The summed E-state index contributed by atoms with van der Waals surface area (Å²) >= 11 is 0. The van der Waals surface area contributed by atoms with Gasteiger partial charge in [-0.3, -0.25) is 0 Å². The van der Waals surface area contributed by atoms with E-state index in [-0.39, 0.29) is 6.10 Å². The molecule has 2 rings (SSSR count). The molecule has 0 aliphatic heterocycles. The number of nitrogen functional groups attached to an aromatic ring is 1. The Bertz CT molecular complexity index is 496. The van der Waals surface area contributed by atoms with Crippen molar-refractivity contribution in [1.82, 2.24) is 10.1 Å². The van der Waals surface area contributed by atoms with E-state index in [0.717, 1.165) is 11.3 Å². The number of anilines is 1. The standard InChI is InChI=1S/C12H15N3O2/c1-8(16-2)12-14-11(17-15-12)7-9-4-3-5-10(13)6-9/h3-6,8H,7,13H2,1-2H3. The number of hydrogen-bond acceptors (Lipinski definition) is 5. The molecule has 0 aliphatic rings. The average Bonchev–Trinajstić information content (AvgIpc) is 2.76. The van der Waals surface area contributed by atoms with Gasteiger partial charge in [0.2, 0.25) is 5.89 Å². The van der Waals surface area contributed by atoms with Crippen LogP contribution >= 0.6 is 0 Å². The number of nitrogens with two attached hydrogens (primary N) is 1. The first kappa shape index (κ1) is 11.6. The van der Waals surface area contributed by atoms with Gasteiger partial charge in [0.05, 0.1) is 6.42 Å². The number of aromatic nitrogens is 2. The molecule has 1 aromatic carbocycles. The van der Waals surface area contributed by atoms with Gasteiger partial charge >= 0.3 is 0 Å². The minimum Gasteiger partial charge on any atom is -0.399 e. The van der Waals surface area contributed by atoms with Crippen LogP contribution in [0.15, 0.2) is 28.8 Å². The van der Waals surface area contributed by atoms with Gasteiger partial charge in [-0.25, -0.2) is 0 Å². The molecule has 0 fully saturated rings. The smallest absolute Gasteiger partial charge is 0.231 e. The van der Waals surface area contributed by atoms with Crippen molar-refractivity contribution in [2.24, 2.45) is 0 Å². The lowest BCUT2D eigenvalue weighted by molar-refractivity contribution is 0.109. The molecule has 0 aliphatic carbocycles. The van der Waals surface area contributed by atoms with Gasteiger partial charge in [-0.05, 0) is 24.6 Å². The van der Waals surface area contributed by atoms with E-state index in [1.165, 1.54) is 0 Å². The molecule has 5 nitrogen and oxygen atoms in total. The van der Waals surface area contributed by atoms with Gasteiger partial charge in [-0.1, -0.05) is 17.3 Å². The fraction of sp³-hybridized carbons (Fsp3) is 0.333. The molecule has 0 saturated carbocycles. The number of hydrogen-bond donors (Lipinski definition) is 1. The predicted molar refractivity (Wildman–Crippen MR) is 63.4 cm³/mol. The van der Waals surface area contributed by atoms with E-state index in [2.05, 4.69) is 10.1 Å². The van der Waals surface area contributed by atoms with Crippen molar-refractivity contribution in [3.05, 3.63) is 41.5 Å². The second kappa shape index (κ2) is 4.97. The Balaban J connectivity index is 2.11. The number of nitrogens with zero attached hydrogens (tertiary/aromatic N) is 2. The van der Waals surface area contributed by atoms with E-state index in [4.69, 9.17) is 15.0 Å². The van der Waals surface area contributed by atoms with Crippen LogP contribution < -0.4 is 5.73 Å². The third kappa shape index (κ3) is 2.82. The van der Waals surface area contributed by atoms with Crippen molar-refractivity contribution in [3.63, 3.8) is 0 Å². The van der Waals surface area contributed by atoms with E-state index in [9.17, 15) is 0 Å². The van der Waals surface area contributed by atoms with Crippen molar-refractivity contribution < 1.29 is 9.26 Å². The van der Waals surface area contributed by atoms with Crippen LogP contribution in [0.25, 0.3) is 0 Å². The van der Waals surface area contributed by atoms with Gasteiger partial charge in [0, 0.05) is 12.8 Å². The van der Waals surface area contributed by atoms with Crippen LogP contribution in [0.3, 0.4) is 0 Å². The highest BCUT2D eigenvalue weighted by Crippen LogP contribution is 2.15. The third-order valence-electron chi connectivity index (χ3n) is 2.51. The van der Waals surface area contributed by atoms with E-state index in [1.54, 1.807) is 7.11 Å². The molecule has 1 aromatic heterocycles. The van der Waals surface area contributed by atoms with Gasteiger partial charge in [-0.15, -0.1) is 0 Å². The molecule has 0 radical (unpaired) electrons. The van der Waals surface area contributed by atoms with Crippen LogP contribution in [0.5, 0.6) is 0 Å². The lowest BCUT2D eigenvalue weighted by Gasteiger charge is -2.01. The Labute approximate surface area is 99.6 Å². The van der Waals surface area contributed by atoms with E-state index >= 15 is 0 Å². The summed E-state index contributed by atoms with van der Waals surface area (Å²) in [5.41, 5.74) is 7.48. The summed E-state index contributed by atoms with van der Waals surface area (Å²) in [4.78, 5) is 4.26. The predicted octanol–water partition coefficient (Wildman–Crippen LogP) is 1.95. The minimum atomic E-state index is -0.159. The summed E-state index contributed by atoms with van der Waals surface area (Å²) in [5.74, 6) is 1.13. The zero-order chi connectivity index (χ0) is 12.3. The van der Waals surface area contributed by atoms with Crippen molar-refractivity contribution in [3.8, 4) is 0 Å². The summed E-state index contributed by atoms with van der Waals surface area (Å²) < 4.78 is 10.3. The van der Waals surface area contributed by atoms with Gasteiger partial charge in [0.25, 0.3) is 0 Å². The largest absolute Gasteiger partial charge is 0.399 e.